The molecule has 0 aliphatic carbocycles. The molecule has 0 saturated carbocycles. The normalized spacial score (nSPS) is 16.5. The lowest BCUT2D eigenvalue weighted by molar-refractivity contribution is 0.0937. The monoisotopic (exact) mass is 389 g/mol. The molecule has 0 radical (unpaired) electrons. The Bertz CT molecular complexity index is 953. The van der Waals surface area contributed by atoms with Gasteiger partial charge in [-0.25, -0.2) is 0 Å². The summed E-state index contributed by atoms with van der Waals surface area (Å²) < 4.78 is 5.07. The fourth-order valence-electron chi connectivity index (χ4n) is 3.51. The van der Waals surface area contributed by atoms with Crippen molar-refractivity contribution in [2.45, 2.75) is 19.0 Å². The van der Waals surface area contributed by atoms with Crippen LogP contribution in [0.4, 0.5) is 5.69 Å². The first-order valence-corrected chi connectivity index (χ1v) is 9.69. The van der Waals surface area contributed by atoms with E-state index in [0.29, 0.717) is 11.3 Å². The number of carbonyl (C=O) groups is 2. The Hall–Kier alpha value is -3.38. The smallest absolute Gasteiger partial charge is 0.291 e. The van der Waals surface area contributed by atoms with Gasteiger partial charge in [0.05, 0.1) is 6.26 Å². The molecule has 29 heavy (non-hydrogen) atoms. The highest BCUT2D eigenvalue weighted by atomic mass is 16.3. The van der Waals surface area contributed by atoms with Gasteiger partial charge in [0.25, 0.3) is 11.8 Å². The zero-order valence-corrected chi connectivity index (χ0v) is 16.0. The molecule has 3 aromatic rings. The number of benzene rings is 2. The lowest BCUT2D eigenvalue weighted by Crippen LogP contribution is -2.36. The summed E-state index contributed by atoms with van der Waals surface area (Å²) in [6.07, 6.45) is 2.39. The highest BCUT2D eigenvalue weighted by Gasteiger charge is 2.24. The van der Waals surface area contributed by atoms with E-state index >= 15 is 0 Å². The van der Waals surface area contributed by atoms with Crippen molar-refractivity contribution in [2.24, 2.45) is 0 Å². The number of rotatable bonds is 6. The molecule has 2 amide bonds. The van der Waals surface area contributed by atoms with Crippen LogP contribution in [-0.2, 0) is 6.54 Å². The molecule has 148 valence electrons. The van der Waals surface area contributed by atoms with Crippen LogP contribution in [0, 0.1) is 0 Å². The number of nitrogens with one attached hydrogen (secondary N) is 2. The number of hydrogen-bond acceptors (Lipinski definition) is 4. The van der Waals surface area contributed by atoms with Gasteiger partial charge in [0.15, 0.2) is 5.76 Å². The van der Waals surface area contributed by atoms with Crippen molar-refractivity contribution in [2.75, 3.05) is 18.4 Å². The van der Waals surface area contributed by atoms with E-state index in [4.69, 9.17) is 4.42 Å². The van der Waals surface area contributed by atoms with E-state index in [1.54, 1.807) is 36.4 Å². The molecule has 6 heteroatoms. The average Bonchev–Trinajstić information content (AvgIpc) is 3.42. The third-order valence-electron chi connectivity index (χ3n) is 5.01. The summed E-state index contributed by atoms with van der Waals surface area (Å²) in [6, 6.07) is 20.6. The second kappa shape index (κ2) is 8.75. The Morgan fingerprint density at radius 2 is 1.76 bits per heavy atom. The minimum absolute atomic E-state index is 0.0968. The first-order valence-electron chi connectivity index (χ1n) is 9.69. The van der Waals surface area contributed by atoms with Crippen LogP contribution in [0.1, 0.15) is 32.9 Å². The maximum absolute atomic E-state index is 12.6. The van der Waals surface area contributed by atoms with Gasteiger partial charge in [0, 0.05) is 36.9 Å². The molecule has 4 rings (SSSR count). The number of furan rings is 1. The summed E-state index contributed by atoms with van der Waals surface area (Å²) in [5.74, 6) is -0.176. The van der Waals surface area contributed by atoms with Gasteiger partial charge in [-0.05, 0) is 48.4 Å². The van der Waals surface area contributed by atoms with Crippen molar-refractivity contribution in [1.29, 1.82) is 0 Å². The first kappa shape index (κ1) is 19.0. The van der Waals surface area contributed by atoms with Gasteiger partial charge in [-0.1, -0.05) is 30.3 Å². The molecule has 0 bridgehead atoms. The summed E-state index contributed by atoms with van der Waals surface area (Å²) >= 11 is 0. The van der Waals surface area contributed by atoms with Crippen molar-refractivity contribution in [1.82, 2.24) is 10.2 Å². The first-order chi connectivity index (χ1) is 14.2. The maximum Gasteiger partial charge on any atom is 0.291 e. The fraction of sp³-hybridized carbons (Fsp3) is 0.217. The second-order valence-electron chi connectivity index (χ2n) is 7.19. The van der Waals surface area contributed by atoms with Crippen LogP contribution in [0.2, 0.25) is 0 Å². The lowest BCUT2D eigenvalue weighted by atomic mass is 10.1. The standard InChI is InChI=1S/C23H23N3O3/c27-22(25-20-12-13-26(16-20)15-17-5-2-1-3-6-17)18-8-10-19(11-9-18)24-23(28)21-7-4-14-29-21/h1-11,14,20H,12-13,15-16H2,(H,24,28)(H,25,27)/t20-/m0/s1. The topological polar surface area (TPSA) is 74.6 Å². The fourth-order valence-corrected chi connectivity index (χ4v) is 3.51. The Labute approximate surface area is 169 Å². The van der Waals surface area contributed by atoms with E-state index in [9.17, 15) is 9.59 Å². The molecule has 0 unspecified atom stereocenters. The van der Waals surface area contributed by atoms with Crippen LogP contribution in [0.15, 0.2) is 77.4 Å². The summed E-state index contributed by atoms with van der Waals surface area (Å²) in [4.78, 5) is 26.9. The second-order valence-corrected chi connectivity index (χ2v) is 7.19. The van der Waals surface area contributed by atoms with Crippen molar-refractivity contribution < 1.29 is 14.0 Å². The van der Waals surface area contributed by atoms with E-state index in [2.05, 4.69) is 27.7 Å². The highest BCUT2D eigenvalue weighted by Crippen LogP contribution is 2.15. The molecule has 1 fully saturated rings. The minimum atomic E-state index is -0.323. The SMILES string of the molecule is O=C(N[C@H]1CCN(Cc2ccccc2)C1)c1ccc(NC(=O)c2ccco2)cc1. The van der Waals surface area contributed by atoms with Gasteiger partial charge in [0.1, 0.15) is 0 Å². The van der Waals surface area contributed by atoms with E-state index in [1.165, 1.54) is 11.8 Å². The quantitative estimate of drug-likeness (QED) is 0.676. The lowest BCUT2D eigenvalue weighted by Gasteiger charge is -2.17. The Kier molecular flexibility index (Phi) is 5.72. The van der Waals surface area contributed by atoms with Crippen molar-refractivity contribution in [3.63, 3.8) is 0 Å². The molecule has 0 spiro atoms. The van der Waals surface area contributed by atoms with E-state index < -0.39 is 0 Å². The van der Waals surface area contributed by atoms with Crippen LogP contribution in [0.25, 0.3) is 0 Å². The third-order valence-corrected chi connectivity index (χ3v) is 5.01. The van der Waals surface area contributed by atoms with Crippen LogP contribution in [-0.4, -0.2) is 35.8 Å². The van der Waals surface area contributed by atoms with Gasteiger partial charge in [-0.2, -0.15) is 0 Å². The van der Waals surface area contributed by atoms with E-state index in [-0.39, 0.29) is 23.6 Å². The van der Waals surface area contributed by atoms with Crippen molar-refractivity contribution in [3.8, 4) is 0 Å². The summed E-state index contributed by atoms with van der Waals surface area (Å²) in [6.45, 7) is 2.72. The molecule has 6 nitrogen and oxygen atoms in total. The molecule has 2 N–H and O–H groups in total. The highest BCUT2D eigenvalue weighted by molar-refractivity contribution is 6.02. The molecule has 1 aliphatic rings. The molecule has 1 atom stereocenters. The number of nitrogens with zero attached hydrogens (tertiary/aromatic N) is 1. The van der Waals surface area contributed by atoms with Gasteiger partial charge < -0.3 is 15.1 Å². The van der Waals surface area contributed by atoms with Gasteiger partial charge in [-0.15, -0.1) is 0 Å². The van der Waals surface area contributed by atoms with E-state index in [0.717, 1.165) is 26.1 Å². The van der Waals surface area contributed by atoms with Crippen LogP contribution in [0.5, 0.6) is 0 Å². The minimum Gasteiger partial charge on any atom is -0.459 e. The zero-order chi connectivity index (χ0) is 20.1. The Morgan fingerprint density at radius 1 is 0.966 bits per heavy atom. The predicted molar refractivity (Wildman–Crippen MR) is 111 cm³/mol. The van der Waals surface area contributed by atoms with Crippen LogP contribution >= 0.6 is 0 Å². The Morgan fingerprint density at radius 3 is 2.48 bits per heavy atom. The maximum atomic E-state index is 12.6. The van der Waals surface area contributed by atoms with Gasteiger partial charge in [-0.3, -0.25) is 14.5 Å². The van der Waals surface area contributed by atoms with Crippen LogP contribution < -0.4 is 10.6 Å². The number of anilines is 1. The Balaban J connectivity index is 1.28. The van der Waals surface area contributed by atoms with Crippen molar-refractivity contribution >= 4 is 17.5 Å². The van der Waals surface area contributed by atoms with Gasteiger partial charge in [0.2, 0.25) is 0 Å². The summed E-state index contributed by atoms with van der Waals surface area (Å²) in [5.41, 5.74) is 2.46. The predicted octanol–water partition coefficient (Wildman–Crippen LogP) is 3.54. The molecular weight excluding hydrogens is 366 g/mol. The third kappa shape index (κ3) is 4.92. The summed E-state index contributed by atoms with van der Waals surface area (Å²) in [7, 11) is 0. The number of carbonyl (C=O) groups excluding carboxylic acids is 2. The van der Waals surface area contributed by atoms with Crippen molar-refractivity contribution in [3.05, 3.63) is 89.9 Å². The largest absolute Gasteiger partial charge is 0.459 e. The molecular formula is C23H23N3O3. The molecule has 2 heterocycles. The van der Waals surface area contributed by atoms with Gasteiger partial charge >= 0.3 is 0 Å². The molecule has 2 aromatic carbocycles. The summed E-state index contributed by atoms with van der Waals surface area (Å²) in [5, 5.41) is 5.85. The number of hydrogen-bond donors (Lipinski definition) is 2. The number of amides is 2. The average molecular weight is 389 g/mol. The number of likely N-dealkylation sites (tertiary alicyclic amines) is 1. The zero-order valence-electron chi connectivity index (χ0n) is 16.0. The molecule has 1 aliphatic heterocycles. The molecule has 1 saturated heterocycles. The van der Waals surface area contributed by atoms with E-state index in [1.807, 2.05) is 18.2 Å². The van der Waals surface area contributed by atoms with Crippen LogP contribution in [0.3, 0.4) is 0 Å². The molecule has 1 aromatic heterocycles.